The van der Waals surface area contributed by atoms with Gasteiger partial charge in [-0.25, -0.2) is 8.42 Å². The van der Waals surface area contributed by atoms with Gasteiger partial charge in [0.2, 0.25) is 11.8 Å². The summed E-state index contributed by atoms with van der Waals surface area (Å²) >= 11 is 12.3. The molecule has 1 aliphatic rings. The Hall–Kier alpha value is -4.05. The van der Waals surface area contributed by atoms with Crippen molar-refractivity contribution < 1.29 is 22.7 Å². The number of hydrogen-bond acceptors (Lipinski definition) is 5. The van der Waals surface area contributed by atoms with Gasteiger partial charge in [0, 0.05) is 29.1 Å². The summed E-state index contributed by atoms with van der Waals surface area (Å²) in [6, 6.07) is 27.8. The maximum atomic E-state index is 14.6. The summed E-state index contributed by atoms with van der Waals surface area (Å²) in [5.41, 5.74) is 1.86. The molecule has 8 nitrogen and oxygen atoms in total. The molecule has 0 aliphatic heterocycles. The highest BCUT2D eigenvalue weighted by atomic mass is 35.5. The van der Waals surface area contributed by atoms with Crippen molar-refractivity contribution in [3.05, 3.63) is 124 Å². The Morgan fingerprint density at radius 3 is 2.02 bits per heavy atom. The number of nitrogens with zero attached hydrogens (tertiary/aromatic N) is 2. The largest absolute Gasteiger partial charge is 0.497 e. The summed E-state index contributed by atoms with van der Waals surface area (Å²) in [5.74, 6) is -0.335. The van der Waals surface area contributed by atoms with E-state index in [9.17, 15) is 18.0 Å². The molecule has 246 valence electrons. The van der Waals surface area contributed by atoms with Crippen LogP contribution in [0, 0.1) is 0 Å². The van der Waals surface area contributed by atoms with Gasteiger partial charge in [-0.05, 0) is 84.6 Å². The summed E-state index contributed by atoms with van der Waals surface area (Å²) in [6.07, 6.45) is 4.05. The van der Waals surface area contributed by atoms with Crippen molar-refractivity contribution in [2.45, 2.75) is 55.6 Å². The van der Waals surface area contributed by atoms with E-state index in [1.54, 1.807) is 60.7 Å². The fourth-order valence-electron chi connectivity index (χ4n) is 5.72. The zero-order valence-corrected chi connectivity index (χ0v) is 28.3. The standard InChI is InChI=1S/C36H37Cl2N3O5S/c1-46-32-19-21-33(22-20-32)47(44,45)41(31-17-15-29(38)16-18-31)25-35(42)40(24-27-11-13-28(37)14-12-27)34(23-26-7-3-2-4-8-26)36(43)39-30-9-5-6-10-30/h2-4,7-8,11-22,30,34H,5-6,9-10,23-25H2,1H3,(H,39,43)/t34-/m1/s1. The first-order chi connectivity index (χ1) is 22.6. The molecule has 1 fully saturated rings. The minimum Gasteiger partial charge on any atom is -0.497 e. The first kappa shape index (κ1) is 34.3. The van der Waals surface area contributed by atoms with Gasteiger partial charge in [-0.3, -0.25) is 13.9 Å². The molecule has 11 heteroatoms. The van der Waals surface area contributed by atoms with Crippen molar-refractivity contribution >= 4 is 50.7 Å². The van der Waals surface area contributed by atoms with E-state index in [0.717, 1.165) is 41.1 Å². The molecule has 0 aromatic heterocycles. The van der Waals surface area contributed by atoms with Gasteiger partial charge >= 0.3 is 0 Å². The van der Waals surface area contributed by atoms with E-state index >= 15 is 0 Å². The Kier molecular flexibility index (Phi) is 11.4. The maximum Gasteiger partial charge on any atom is 0.264 e. The number of halogens is 2. The number of methoxy groups -OCH3 is 1. The fraction of sp³-hybridized carbons (Fsp3) is 0.278. The lowest BCUT2D eigenvalue weighted by molar-refractivity contribution is -0.140. The highest BCUT2D eigenvalue weighted by Gasteiger charge is 2.35. The smallest absolute Gasteiger partial charge is 0.264 e. The molecule has 0 bridgehead atoms. The van der Waals surface area contributed by atoms with Crippen LogP contribution in [0.1, 0.15) is 36.8 Å². The number of rotatable bonds is 13. The van der Waals surface area contributed by atoms with Crippen molar-refractivity contribution in [2.75, 3.05) is 18.0 Å². The van der Waals surface area contributed by atoms with E-state index in [1.165, 1.54) is 24.1 Å². The lowest BCUT2D eigenvalue weighted by Crippen LogP contribution is -2.54. The molecule has 0 unspecified atom stereocenters. The second-order valence-electron chi connectivity index (χ2n) is 11.5. The van der Waals surface area contributed by atoms with Crippen LogP contribution >= 0.6 is 23.2 Å². The number of hydrogen-bond donors (Lipinski definition) is 1. The van der Waals surface area contributed by atoms with Gasteiger partial charge in [-0.2, -0.15) is 0 Å². The van der Waals surface area contributed by atoms with Crippen molar-refractivity contribution in [3.63, 3.8) is 0 Å². The Bertz CT molecular complexity index is 1750. The first-order valence-corrected chi connectivity index (χ1v) is 17.6. The Morgan fingerprint density at radius 2 is 1.43 bits per heavy atom. The molecule has 1 atom stereocenters. The molecular formula is C36H37Cl2N3O5S. The van der Waals surface area contributed by atoms with Crippen LogP contribution < -0.4 is 14.4 Å². The third-order valence-electron chi connectivity index (χ3n) is 8.28. The predicted octanol–water partition coefficient (Wildman–Crippen LogP) is 6.90. The summed E-state index contributed by atoms with van der Waals surface area (Å²) < 4.78 is 34.6. The molecule has 1 N–H and O–H groups in total. The topological polar surface area (TPSA) is 96.0 Å². The van der Waals surface area contributed by atoms with Gasteiger partial charge in [-0.15, -0.1) is 0 Å². The van der Waals surface area contributed by atoms with Crippen LogP contribution in [0.5, 0.6) is 5.75 Å². The molecule has 0 saturated heterocycles. The second kappa shape index (κ2) is 15.7. The minimum atomic E-state index is -4.25. The van der Waals surface area contributed by atoms with Gasteiger partial charge in [-0.1, -0.05) is 78.5 Å². The number of benzene rings is 4. The van der Waals surface area contributed by atoms with Crippen LogP contribution in [0.4, 0.5) is 5.69 Å². The highest BCUT2D eigenvalue weighted by Crippen LogP contribution is 2.28. The number of sulfonamides is 1. The van der Waals surface area contributed by atoms with Crippen LogP contribution in [0.2, 0.25) is 10.0 Å². The molecule has 2 amide bonds. The van der Waals surface area contributed by atoms with Crippen LogP contribution in [0.3, 0.4) is 0 Å². The second-order valence-corrected chi connectivity index (χ2v) is 14.2. The van der Waals surface area contributed by atoms with E-state index in [-0.39, 0.29) is 35.5 Å². The highest BCUT2D eigenvalue weighted by molar-refractivity contribution is 7.92. The van der Waals surface area contributed by atoms with Crippen LogP contribution in [-0.4, -0.2) is 50.9 Å². The number of nitrogens with one attached hydrogen (secondary N) is 1. The summed E-state index contributed by atoms with van der Waals surface area (Å²) in [7, 11) is -2.76. The minimum absolute atomic E-state index is 0.0225. The van der Waals surface area contributed by atoms with E-state index < -0.39 is 28.5 Å². The number of anilines is 1. The van der Waals surface area contributed by atoms with Crippen molar-refractivity contribution in [2.24, 2.45) is 0 Å². The number of carbonyl (C=O) groups excluding carboxylic acids is 2. The lowest BCUT2D eigenvalue weighted by Gasteiger charge is -2.34. The van der Waals surface area contributed by atoms with Gasteiger partial charge in [0.1, 0.15) is 18.3 Å². The molecule has 4 aromatic carbocycles. The summed E-state index contributed by atoms with van der Waals surface area (Å²) in [4.78, 5) is 30.1. The Labute approximate surface area is 286 Å². The molecule has 1 aliphatic carbocycles. The van der Waals surface area contributed by atoms with E-state index in [0.29, 0.717) is 15.8 Å². The molecule has 0 heterocycles. The summed E-state index contributed by atoms with van der Waals surface area (Å²) in [6.45, 7) is -0.506. The lowest BCUT2D eigenvalue weighted by atomic mass is 10.0. The van der Waals surface area contributed by atoms with E-state index in [1.807, 2.05) is 30.3 Å². The normalized spacial score (nSPS) is 13.9. The fourth-order valence-corrected chi connectivity index (χ4v) is 7.39. The molecule has 4 aromatic rings. The molecule has 1 saturated carbocycles. The number of carbonyl (C=O) groups is 2. The average Bonchev–Trinajstić information content (AvgIpc) is 3.60. The SMILES string of the molecule is COc1ccc(S(=O)(=O)N(CC(=O)N(Cc2ccc(Cl)cc2)[C@H](Cc2ccccc2)C(=O)NC2CCCC2)c2ccc(Cl)cc2)cc1. The quantitative estimate of drug-likeness (QED) is 0.164. The van der Waals surface area contributed by atoms with Crippen LogP contribution in [0.25, 0.3) is 0 Å². The zero-order valence-electron chi connectivity index (χ0n) is 26.0. The number of amides is 2. The van der Waals surface area contributed by atoms with E-state index in [4.69, 9.17) is 27.9 Å². The predicted molar refractivity (Wildman–Crippen MR) is 185 cm³/mol. The van der Waals surface area contributed by atoms with Crippen molar-refractivity contribution in [1.29, 1.82) is 0 Å². The first-order valence-electron chi connectivity index (χ1n) is 15.4. The Morgan fingerprint density at radius 1 is 0.830 bits per heavy atom. The average molecular weight is 695 g/mol. The van der Waals surface area contributed by atoms with Gasteiger partial charge < -0.3 is 15.0 Å². The van der Waals surface area contributed by atoms with Crippen LogP contribution in [-0.2, 0) is 32.6 Å². The van der Waals surface area contributed by atoms with E-state index in [2.05, 4.69) is 5.32 Å². The van der Waals surface area contributed by atoms with Crippen LogP contribution in [0.15, 0.2) is 108 Å². The molecular weight excluding hydrogens is 657 g/mol. The molecule has 47 heavy (non-hydrogen) atoms. The van der Waals surface area contributed by atoms with Gasteiger partial charge in [0.05, 0.1) is 17.7 Å². The Balaban J connectivity index is 1.55. The zero-order chi connectivity index (χ0) is 33.4. The summed E-state index contributed by atoms with van der Waals surface area (Å²) in [5, 5.41) is 4.12. The van der Waals surface area contributed by atoms with Crippen molar-refractivity contribution in [3.8, 4) is 5.75 Å². The van der Waals surface area contributed by atoms with Gasteiger partial charge in [0.25, 0.3) is 10.0 Å². The number of ether oxygens (including phenoxy) is 1. The maximum absolute atomic E-state index is 14.6. The van der Waals surface area contributed by atoms with Crippen molar-refractivity contribution in [1.82, 2.24) is 10.2 Å². The van der Waals surface area contributed by atoms with Gasteiger partial charge in [0.15, 0.2) is 0 Å². The third-order valence-corrected chi connectivity index (χ3v) is 10.6. The monoisotopic (exact) mass is 693 g/mol. The third kappa shape index (κ3) is 8.86. The molecule has 0 spiro atoms. The molecule has 0 radical (unpaired) electrons. The molecule has 5 rings (SSSR count).